The van der Waals surface area contributed by atoms with Crippen molar-refractivity contribution in [3.8, 4) is 5.75 Å². The number of hydrogen-bond donors (Lipinski definition) is 9. The van der Waals surface area contributed by atoms with Crippen LogP contribution < -0.4 is 62.8 Å². The van der Waals surface area contributed by atoms with Gasteiger partial charge in [0.15, 0.2) is 17.9 Å². The number of aromatic hydroxyl groups is 1. The molecule has 42 heteroatoms. The van der Waals surface area contributed by atoms with Gasteiger partial charge in [0.25, 0.3) is 0 Å². The van der Waals surface area contributed by atoms with E-state index in [-0.39, 0.29) is 152 Å². The summed E-state index contributed by atoms with van der Waals surface area (Å²) in [5.41, 5.74) is 14.8. The van der Waals surface area contributed by atoms with Crippen LogP contribution in [0.3, 0.4) is 0 Å². The first-order valence-electron chi connectivity index (χ1n) is 44.9. The Morgan fingerprint density at radius 3 is 1.23 bits per heavy atom. The van der Waals surface area contributed by atoms with Gasteiger partial charge in [-0.3, -0.25) is 34.0 Å². The zero-order chi connectivity index (χ0) is 106. The third-order valence-electron chi connectivity index (χ3n) is 18.5. The molecule has 4 amide bonds. The molecular weight excluding hydrogens is 1940 g/mol. The van der Waals surface area contributed by atoms with E-state index in [2.05, 4.69) is 61.9 Å². The van der Waals surface area contributed by atoms with Crippen LogP contribution in [0.15, 0.2) is 219 Å². The predicted molar refractivity (Wildman–Crippen MR) is 522 cm³/mol. The van der Waals surface area contributed by atoms with E-state index in [0.717, 1.165) is 57.2 Å². The van der Waals surface area contributed by atoms with E-state index >= 15 is 0 Å². The van der Waals surface area contributed by atoms with E-state index in [0.29, 0.717) is 113 Å². The van der Waals surface area contributed by atoms with Crippen molar-refractivity contribution in [1.29, 1.82) is 0 Å². The first kappa shape index (κ1) is 130. The van der Waals surface area contributed by atoms with Crippen LogP contribution in [0, 0.1) is 30.6 Å². The Morgan fingerprint density at radius 1 is 0.510 bits per heavy atom. The number of hydrogen-bond acceptors (Lipinski definition) is 35. The van der Waals surface area contributed by atoms with Gasteiger partial charge in [0.2, 0.25) is 0 Å². The number of hydroxylamine groups is 2. The number of rotatable bonds is 30. The number of phenolic OH excluding ortho intramolecular Hbond substituents is 1. The monoisotopic (exact) mass is 2080 g/mol. The van der Waals surface area contributed by atoms with E-state index in [1.54, 1.807) is 119 Å². The van der Waals surface area contributed by atoms with Crippen LogP contribution in [0.2, 0.25) is 0 Å². The number of halogens is 1. The molecule has 11 rings (SSSR count). The van der Waals surface area contributed by atoms with Crippen molar-refractivity contribution < 1.29 is 195 Å². The number of alkyl halides is 1. The number of nitrogens with one attached hydrogen (secondary N) is 4. The number of esters is 7. The molecule has 0 bridgehead atoms. The number of methoxy groups -OCH3 is 2. The number of ketones is 2. The zero-order valence-electron chi connectivity index (χ0n) is 83.9. The maximum atomic E-state index is 12.3. The topological polar surface area (TPSA) is 585 Å². The largest absolute Gasteiger partial charge is 1.00 e. The number of alkyl carbamates (subject to hydrolysis) is 2. The summed E-state index contributed by atoms with van der Waals surface area (Å²) < 4.78 is 63.4. The number of aryl methyl sites for hydroxylation is 1. The minimum atomic E-state index is -1.23. The average molecular weight is 2080 g/mol. The van der Waals surface area contributed by atoms with Gasteiger partial charge in [-0.25, -0.2) is 59.3 Å². The molecule has 0 aromatic heterocycles. The van der Waals surface area contributed by atoms with E-state index < -0.39 is 77.2 Å². The number of amides is 4. The van der Waals surface area contributed by atoms with Crippen molar-refractivity contribution in [3.05, 3.63) is 242 Å². The van der Waals surface area contributed by atoms with Crippen LogP contribution >= 0.6 is 15.9 Å². The summed E-state index contributed by atoms with van der Waals surface area (Å²) in [4.78, 5) is 178. The Bertz CT molecular complexity index is 5070. The molecule has 12 N–H and O–H groups in total. The van der Waals surface area contributed by atoms with Crippen LogP contribution in [0.4, 0.5) is 19.2 Å². The number of benzene rings is 3. The summed E-state index contributed by atoms with van der Waals surface area (Å²) in [6.07, 6.45) is 24.0. The van der Waals surface area contributed by atoms with E-state index in [4.69, 9.17) is 74.5 Å². The summed E-state index contributed by atoms with van der Waals surface area (Å²) in [6, 6.07) is 24.1. The van der Waals surface area contributed by atoms with Crippen LogP contribution in [-0.4, -0.2) is 208 Å². The van der Waals surface area contributed by atoms with Crippen molar-refractivity contribution in [1.82, 2.24) is 21.6 Å². The van der Waals surface area contributed by atoms with Gasteiger partial charge in [0.05, 0.1) is 63.0 Å². The zero-order valence-corrected chi connectivity index (χ0v) is 87.5. The van der Waals surface area contributed by atoms with E-state index in [9.17, 15) is 71.9 Å². The molecule has 4 atom stereocenters. The number of carboxylic acids is 1. The van der Waals surface area contributed by atoms with Gasteiger partial charge in [-0.15, -0.1) is 0 Å². The molecule has 3 aromatic rings. The molecule has 0 spiro atoms. The molecule has 40 nitrogen and oxygen atoms in total. The molecular formula is C101H136BrN6NaO34. The molecule has 0 radical (unpaired) electrons. The number of ether oxygens (including phenoxy) is 13. The van der Waals surface area contributed by atoms with Crippen LogP contribution in [-0.2, 0) is 132 Å². The Labute approximate surface area is 864 Å². The van der Waals surface area contributed by atoms with Gasteiger partial charge in [-0.1, -0.05) is 154 Å². The van der Waals surface area contributed by atoms with Gasteiger partial charge >= 0.3 is 102 Å². The number of carboxylic acid groups (broad SMARTS) is 1. The third kappa shape index (κ3) is 56.1. The molecule has 0 saturated heterocycles. The molecule has 0 saturated carbocycles. The number of nitrogens with two attached hydrogens (primary N) is 2. The first-order chi connectivity index (χ1) is 66.9. The Morgan fingerprint density at radius 2 is 0.888 bits per heavy atom. The van der Waals surface area contributed by atoms with Gasteiger partial charge in [-0.2, -0.15) is 5.48 Å². The molecule has 4 aliphatic carbocycles. The molecule has 782 valence electrons. The molecule has 3 aromatic carbocycles. The maximum absolute atomic E-state index is 12.3. The quantitative estimate of drug-likeness (QED) is 0.00286. The molecule has 4 heterocycles. The summed E-state index contributed by atoms with van der Waals surface area (Å²) in [6.45, 7) is 29.7. The minimum Gasteiger partial charge on any atom is -0.870 e. The standard InChI is InChI=1S/C19H25NO6.C14H17NO4.C13H14O4.C11H15NO3.C11H10O4.C10H12BrNO2.C8H8O2.C7H12O4.C5H11NO3.C3H9NO.Na.H2O.H2/c1-12-7-8-13-11-14(17(22)25-16(13)10-12)15(21)6-5-9-24-20-18(23)26-19(2,3)4;1-9-4-5-10-8-11(12(16)3-2-6-18-15)14(17)19-13(10)7-9;1-3-16-12(14)10-7-9-5-4-8(2)6-11(9)17-13(10)15;1-14-8-7-12-11(13)15-9-10-5-3-2-4-6-10;1-6-2-3-7-5-8(10(12)13)11(14)15-9(7)4-6;11-6-7-12-10(13)14-8-9-4-2-1-3-5-9;1-6-2-3-7(5-9)8(10)4-6;1-3-10-6(8)5-7(9)11-4-2;1-5(2,3)9-4(7)6-8;1-5-3-2-4;;;/h7,10-11,13H,5-6,8-9H2,1-4H3,(H,20,23);4,7-8,10H,2-3,5-6,15H2,1H3;4,6-7,9H,3,5H2,1-2H3;2-6H,7-9H2,1H3,(H,12,13);2,4-5,7H,3H2,1H3,(H,12,13);1-5H,6-8H2,(H,12,13);2-5,10H,1H3;3-5H2,1-2H3;8H,1-3H3,(H,6,7);2-4H2,1H3;;1H2;1H/q;;;;;;;;;;+1;;/p-1. The number of carbonyl (C=O) groups excluding carboxylic acids is 14. The van der Waals surface area contributed by atoms with Gasteiger partial charge < -0.3 is 98.5 Å². The van der Waals surface area contributed by atoms with E-state index in [1.165, 1.54) is 11.6 Å². The van der Waals surface area contributed by atoms with Gasteiger partial charge in [0.1, 0.15) is 70.8 Å². The fourth-order valence-corrected chi connectivity index (χ4v) is 12.1. The van der Waals surface area contributed by atoms with Crippen LogP contribution in [0.5, 0.6) is 5.75 Å². The van der Waals surface area contributed by atoms with Crippen LogP contribution in [0.1, 0.15) is 176 Å². The second kappa shape index (κ2) is 72.6. The van der Waals surface area contributed by atoms with Crippen molar-refractivity contribution >= 4 is 106 Å². The molecule has 4 unspecified atom stereocenters. The predicted octanol–water partition coefficient (Wildman–Crippen LogP) is 11.4. The molecule has 8 aliphatic rings. The normalized spacial score (nSPS) is 16.0. The number of allylic oxidation sites excluding steroid dienone is 16. The van der Waals surface area contributed by atoms with Crippen LogP contribution in [0.25, 0.3) is 0 Å². The molecule has 4 aliphatic heterocycles. The molecule has 0 fully saturated rings. The fraction of sp³-hybridized carbons (Fsp3) is 0.436. The van der Waals surface area contributed by atoms with Crippen molar-refractivity contribution in [2.45, 2.75) is 179 Å². The maximum Gasteiger partial charge on any atom is 1.00 e. The van der Waals surface area contributed by atoms with Crippen molar-refractivity contribution in [2.75, 3.05) is 85.4 Å². The number of aldehydes is 1. The number of fused-ring (bicyclic) bond motifs is 4. The number of aliphatic carboxylic acids is 1. The summed E-state index contributed by atoms with van der Waals surface area (Å²) >= 11 is 3.20. The Hall–Kier alpha value is -12.7. The van der Waals surface area contributed by atoms with Gasteiger partial charge in [-0.05, 0) is 189 Å². The number of phenols is 1. The summed E-state index contributed by atoms with van der Waals surface area (Å²) in [5.74, 6) is 1.11. The smallest absolute Gasteiger partial charge is 0.870 e. The molecule has 143 heavy (non-hydrogen) atoms. The SMILES string of the molecule is CC(C)(C)OC(=O)NO.CC1=CCC2C=C(C(=O)CCCON)C(=O)OC2=C1.CC1=CCC2C=C(C(=O)CCCONC(=O)OC(C)(C)C)C(=O)OC2=C1.CC1=CCC2C=C(C(=O)O)C(=O)OC2=C1.CCOC(=O)C1=CC2CC=C(C)C=C2OC1=O.CCOC(=O)CC(=O)OCC.COCCN.COCCNC(=O)OCc1ccccc1.Cc1ccc(C=O)c(O)c1.O=C(NCCBr)OCc1ccccc1.[HH].[Na+].[OH-]. The minimum absolute atomic E-state index is 0. The average Bonchev–Trinajstić information content (AvgIpc) is 0.814. The second-order valence-corrected chi connectivity index (χ2v) is 33.4. The Kier molecular flexibility index (Phi) is 66.2. The first-order valence-corrected chi connectivity index (χ1v) is 46.1. The number of carbonyl (C=O) groups is 15. The van der Waals surface area contributed by atoms with E-state index in [1.807, 2.05) is 132 Å². The van der Waals surface area contributed by atoms with Gasteiger partial charge in [0, 0.05) is 77.1 Å². The van der Waals surface area contributed by atoms with Crippen molar-refractivity contribution in [2.24, 2.45) is 35.3 Å². The summed E-state index contributed by atoms with van der Waals surface area (Å²) in [7, 11) is 3.21. The second-order valence-electron chi connectivity index (χ2n) is 32.7. The third-order valence-corrected chi connectivity index (χ3v) is 18.9. The Balaban J connectivity index is 0. The number of Topliss-reactive ketones (excluding diaryl/α,β-unsaturated/α-hetero) is 2. The van der Waals surface area contributed by atoms with Crippen molar-refractivity contribution in [3.63, 3.8) is 0 Å². The summed E-state index contributed by atoms with van der Waals surface area (Å²) in [5, 5.41) is 31.7. The fourth-order valence-electron chi connectivity index (χ4n) is 11.9.